The number of nitrogens with zero attached hydrogens (tertiary/aromatic N) is 2. The highest BCUT2D eigenvalue weighted by Crippen LogP contribution is 2.35. The Bertz CT molecular complexity index is 1850. The highest BCUT2D eigenvalue weighted by Gasteiger charge is 2.18. The Hall–Kier alpha value is -4.70. The topological polar surface area (TPSA) is 36.1 Å². The normalized spacial score (nSPS) is 11.5. The first kappa shape index (κ1) is 18.8. The summed E-state index contributed by atoms with van der Waals surface area (Å²) in [5, 5.41) is 0. The van der Waals surface area contributed by atoms with Crippen LogP contribution in [0.2, 0.25) is 0 Å². The summed E-state index contributed by atoms with van der Waals surface area (Å²) in [5.41, 5.74) is 9.09. The summed E-state index contributed by atoms with van der Waals surface area (Å²) in [7, 11) is 0. The Morgan fingerprint density at radius 3 is 1.59 bits per heavy atom. The summed E-state index contributed by atoms with van der Waals surface area (Å²) in [6.07, 6.45) is 0. The molecule has 4 nitrogen and oxygen atoms in total. The third-order valence-electron chi connectivity index (χ3n) is 6.21. The van der Waals surface area contributed by atoms with Crippen LogP contribution in [0.25, 0.3) is 55.8 Å². The van der Waals surface area contributed by atoms with Crippen LogP contribution in [0.1, 0.15) is 0 Å². The SMILES string of the molecule is c1ccc(-n2c3ccccc3oc3c2ccc2oc4ccccc4n(-c4ccccc4)c23)cc1. The van der Waals surface area contributed by atoms with E-state index >= 15 is 0 Å². The lowest BCUT2D eigenvalue weighted by Crippen LogP contribution is -2.04. The number of fused-ring (bicyclic) bond motifs is 5. The molecular weight excluding hydrogens is 420 g/mol. The molecule has 0 saturated carbocycles. The van der Waals surface area contributed by atoms with Gasteiger partial charge in [0.2, 0.25) is 0 Å². The van der Waals surface area contributed by atoms with E-state index in [1.54, 1.807) is 0 Å². The van der Waals surface area contributed by atoms with Crippen molar-refractivity contribution in [3.05, 3.63) is 121 Å². The van der Waals surface area contributed by atoms with Gasteiger partial charge in [-0.1, -0.05) is 60.7 Å². The first-order chi connectivity index (χ1) is 16.9. The third-order valence-corrected chi connectivity index (χ3v) is 6.21. The van der Waals surface area contributed by atoms with E-state index in [-0.39, 0.29) is 0 Å². The van der Waals surface area contributed by atoms with Crippen LogP contribution in [-0.4, -0.2) is 9.13 Å². The first-order valence-corrected chi connectivity index (χ1v) is 11.3. The highest BCUT2D eigenvalue weighted by atomic mass is 16.3. The van der Waals surface area contributed by atoms with Crippen molar-refractivity contribution in [3.63, 3.8) is 0 Å². The van der Waals surface area contributed by atoms with Gasteiger partial charge in [0, 0.05) is 11.4 Å². The van der Waals surface area contributed by atoms with Crippen molar-refractivity contribution in [2.75, 3.05) is 0 Å². The second-order valence-corrected chi connectivity index (χ2v) is 8.24. The van der Waals surface area contributed by atoms with Gasteiger partial charge in [0.25, 0.3) is 0 Å². The summed E-state index contributed by atoms with van der Waals surface area (Å²) in [6, 6.07) is 41.1. The predicted molar refractivity (Wildman–Crippen MR) is 137 cm³/mol. The summed E-state index contributed by atoms with van der Waals surface area (Å²) in [6.45, 7) is 0. The molecule has 0 fully saturated rings. The lowest BCUT2D eigenvalue weighted by atomic mass is 10.2. The van der Waals surface area contributed by atoms with Gasteiger partial charge in [-0.2, -0.15) is 0 Å². The minimum atomic E-state index is 0.758. The molecule has 0 aliphatic heterocycles. The molecule has 0 aliphatic carbocycles. The molecule has 0 aliphatic rings. The molecule has 0 bridgehead atoms. The Morgan fingerprint density at radius 2 is 0.912 bits per heavy atom. The number of aromatic nitrogens is 2. The third kappa shape index (κ3) is 2.79. The van der Waals surface area contributed by atoms with Gasteiger partial charge in [-0.3, -0.25) is 0 Å². The molecule has 5 aromatic carbocycles. The average molecular weight is 441 g/mol. The quantitative estimate of drug-likeness (QED) is 0.201. The number of para-hydroxylation sites is 6. The molecule has 0 atom stereocenters. The van der Waals surface area contributed by atoms with Gasteiger partial charge in [0.1, 0.15) is 5.52 Å². The summed E-state index contributed by atoms with van der Waals surface area (Å²) >= 11 is 0. The van der Waals surface area contributed by atoms with Gasteiger partial charge in [-0.15, -0.1) is 0 Å². The van der Waals surface area contributed by atoms with Crippen molar-refractivity contribution in [3.8, 4) is 11.4 Å². The summed E-state index contributed by atoms with van der Waals surface area (Å²) in [4.78, 5) is 0. The fraction of sp³-hybridized carbons (Fsp3) is 0. The van der Waals surface area contributed by atoms with Crippen LogP contribution in [-0.2, 0) is 0 Å². The second kappa shape index (κ2) is 7.42. The van der Waals surface area contributed by atoms with Gasteiger partial charge < -0.3 is 18.0 Å². The predicted octanol–water partition coefficient (Wildman–Crippen LogP) is 8.19. The van der Waals surface area contributed by atoms with Crippen molar-refractivity contribution < 1.29 is 8.83 Å². The molecule has 34 heavy (non-hydrogen) atoms. The minimum Gasteiger partial charge on any atom is -0.453 e. The average Bonchev–Trinajstić information content (AvgIpc) is 2.91. The molecule has 7 rings (SSSR count). The monoisotopic (exact) mass is 440 g/mol. The smallest absolute Gasteiger partial charge is 0.179 e. The van der Waals surface area contributed by atoms with E-state index in [9.17, 15) is 0 Å². The number of hydrogen-bond donors (Lipinski definition) is 0. The lowest BCUT2D eigenvalue weighted by Gasteiger charge is -2.19. The summed E-state index contributed by atoms with van der Waals surface area (Å²) < 4.78 is 17.5. The molecule has 0 spiro atoms. The van der Waals surface area contributed by atoms with Crippen molar-refractivity contribution in [1.29, 1.82) is 0 Å². The highest BCUT2D eigenvalue weighted by molar-refractivity contribution is 6.04. The minimum absolute atomic E-state index is 0.758. The second-order valence-electron chi connectivity index (χ2n) is 8.24. The van der Waals surface area contributed by atoms with Crippen molar-refractivity contribution in [2.45, 2.75) is 0 Å². The van der Waals surface area contributed by atoms with Crippen LogP contribution in [0.3, 0.4) is 0 Å². The Morgan fingerprint density at radius 1 is 0.382 bits per heavy atom. The van der Waals surface area contributed by atoms with E-state index < -0.39 is 0 Å². The fourth-order valence-corrected chi connectivity index (χ4v) is 4.75. The maximum Gasteiger partial charge on any atom is 0.179 e. The van der Waals surface area contributed by atoms with E-state index in [1.165, 1.54) is 0 Å². The van der Waals surface area contributed by atoms with Crippen molar-refractivity contribution in [2.24, 2.45) is 0 Å². The number of rotatable bonds is 2. The van der Waals surface area contributed by atoms with Crippen LogP contribution in [0.4, 0.5) is 0 Å². The van der Waals surface area contributed by atoms with Gasteiger partial charge in [0.05, 0.1) is 16.6 Å². The molecule has 0 amide bonds. The van der Waals surface area contributed by atoms with Gasteiger partial charge in [-0.25, -0.2) is 0 Å². The Labute approximate surface area is 195 Å². The van der Waals surface area contributed by atoms with E-state index in [4.69, 9.17) is 8.83 Å². The van der Waals surface area contributed by atoms with Crippen molar-refractivity contribution in [1.82, 2.24) is 9.13 Å². The molecule has 0 saturated heterocycles. The zero-order chi connectivity index (χ0) is 22.5. The molecule has 162 valence electrons. The zero-order valence-electron chi connectivity index (χ0n) is 18.3. The largest absolute Gasteiger partial charge is 0.453 e. The molecule has 4 heteroatoms. The van der Waals surface area contributed by atoms with Crippen molar-refractivity contribution >= 4 is 44.4 Å². The maximum absolute atomic E-state index is 6.63. The molecule has 0 N–H and O–H groups in total. The molecular formula is C30H20N2O2. The molecule has 7 aromatic rings. The van der Waals surface area contributed by atoms with Gasteiger partial charge in [0.15, 0.2) is 22.3 Å². The van der Waals surface area contributed by atoms with Crippen LogP contribution in [0.5, 0.6) is 0 Å². The fourth-order valence-electron chi connectivity index (χ4n) is 4.75. The maximum atomic E-state index is 6.63. The molecule has 2 aromatic heterocycles. The van der Waals surface area contributed by atoms with Crippen LogP contribution in [0, 0.1) is 0 Å². The van der Waals surface area contributed by atoms with E-state index in [0.29, 0.717) is 0 Å². The number of hydrogen-bond acceptors (Lipinski definition) is 2. The van der Waals surface area contributed by atoms with Crippen LogP contribution in [0.15, 0.2) is 130 Å². The van der Waals surface area contributed by atoms with Crippen LogP contribution >= 0.6 is 0 Å². The van der Waals surface area contributed by atoms with Crippen LogP contribution < -0.4 is 0 Å². The van der Waals surface area contributed by atoms with E-state index in [2.05, 4.69) is 75.9 Å². The number of benzene rings is 5. The summed E-state index contributed by atoms with van der Waals surface area (Å²) in [5.74, 6) is 0. The zero-order valence-corrected chi connectivity index (χ0v) is 18.3. The van der Waals surface area contributed by atoms with E-state index in [0.717, 1.165) is 55.8 Å². The molecule has 2 heterocycles. The van der Waals surface area contributed by atoms with Gasteiger partial charge >= 0.3 is 0 Å². The van der Waals surface area contributed by atoms with E-state index in [1.807, 2.05) is 54.6 Å². The lowest BCUT2D eigenvalue weighted by molar-refractivity contribution is 0.639. The first-order valence-electron chi connectivity index (χ1n) is 11.3. The van der Waals surface area contributed by atoms with Gasteiger partial charge in [-0.05, 0) is 60.7 Å². The Balaban J connectivity index is 1.75. The Kier molecular flexibility index (Phi) is 4.11. The standard InChI is InChI=1S/C30H20N2O2/c1-3-11-21(12-4-1)31-23-15-7-10-18-27(23)34-30-25(31)19-20-28-29(30)32(22-13-5-2-6-14-22)24-16-8-9-17-26(24)33-28/h1-20H. The molecule has 0 radical (unpaired) electrons. The molecule has 0 unspecified atom stereocenters.